The molecule has 0 amide bonds. The van der Waals surface area contributed by atoms with Gasteiger partial charge in [0.15, 0.2) is 5.82 Å². The highest BCUT2D eigenvalue weighted by molar-refractivity contribution is 6.36. The molecule has 0 atom stereocenters. The van der Waals surface area contributed by atoms with Gasteiger partial charge in [0, 0.05) is 11.2 Å². The molecule has 0 aliphatic rings. The third-order valence-electron chi connectivity index (χ3n) is 2.51. The summed E-state index contributed by atoms with van der Waals surface area (Å²) >= 11 is 18.2. The second-order valence-electron chi connectivity index (χ2n) is 3.84. The number of hydrogen-bond acceptors (Lipinski definition) is 3. The van der Waals surface area contributed by atoms with Gasteiger partial charge < -0.3 is 5.32 Å². The summed E-state index contributed by atoms with van der Waals surface area (Å²) in [6, 6.07) is 6.96. The van der Waals surface area contributed by atoms with Crippen LogP contribution in [0.2, 0.25) is 15.1 Å². The molecule has 1 aromatic carbocycles. The van der Waals surface area contributed by atoms with E-state index >= 15 is 0 Å². The Bertz CT molecular complexity index is 678. The largest absolute Gasteiger partial charge is 0.338 e. The minimum absolute atomic E-state index is 0.248. The first-order chi connectivity index (χ1) is 9.02. The Hall–Kier alpha value is -1.47. The van der Waals surface area contributed by atoms with E-state index in [0.29, 0.717) is 27.1 Å². The number of rotatable bonds is 2. The fourth-order valence-corrected chi connectivity index (χ4v) is 2.12. The van der Waals surface area contributed by atoms with Crippen LogP contribution in [0.1, 0.15) is 11.1 Å². The molecule has 1 aromatic heterocycles. The predicted molar refractivity (Wildman–Crippen MR) is 78.4 cm³/mol. The zero-order chi connectivity index (χ0) is 14.0. The molecule has 0 aliphatic heterocycles. The molecule has 2 aromatic rings. The van der Waals surface area contributed by atoms with E-state index in [9.17, 15) is 0 Å². The normalized spacial score (nSPS) is 10.1. The minimum Gasteiger partial charge on any atom is -0.338 e. The topological polar surface area (TPSA) is 48.7 Å². The van der Waals surface area contributed by atoms with Crippen LogP contribution < -0.4 is 5.32 Å². The standard InChI is InChI=1S/C13H8Cl3N3/c1-7-4-10(15)11(5-9(7)14)19-13-12(16)8(6-17)2-3-18-13/h2-5H,1H3,(H,18,19). The molecule has 0 unspecified atom stereocenters. The summed E-state index contributed by atoms with van der Waals surface area (Å²) in [4.78, 5) is 4.08. The lowest BCUT2D eigenvalue weighted by atomic mass is 10.2. The van der Waals surface area contributed by atoms with Crippen LogP contribution in [0.3, 0.4) is 0 Å². The summed E-state index contributed by atoms with van der Waals surface area (Å²) < 4.78 is 0. The van der Waals surface area contributed by atoms with Gasteiger partial charge in [-0.3, -0.25) is 0 Å². The summed E-state index contributed by atoms with van der Waals surface area (Å²) in [5, 5.41) is 13.2. The van der Waals surface area contributed by atoms with E-state index in [1.165, 1.54) is 12.3 Å². The number of nitrogens with one attached hydrogen (secondary N) is 1. The van der Waals surface area contributed by atoms with Gasteiger partial charge in [0.2, 0.25) is 0 Å². The summed E-state index contributed by atoms with van der Waals surface area (Å²) in [5.41, 5.74) is 1.80. The first kappa shape index (κ1) is 14.0. The highest BCUT2D eigenvalue weighted by Crippen LogP contribution is 2.33. The molecule has 0 radical (unpaired) electrons. The lowest BCUT2D eigenvalue weighted by Crippen LogP contribution is -1.97. The highest BCUT2D eigenvalue weighted by atomic mass is 35.5. The van der Waals surface area contributed by atoms with Crippen LogP contribution in [0.25, 0.3) is 0 Å². The second-order valence-corrected chi connectivity index (χ2v) is 5.03. The molecule has 1 heterocycles. The maximum Gasteiger partial charge on any atom is 0.150 e. The van der Waals surface area contributed by atoms with Gasteiger partial charge in [-0.05, 0) is 30.7 Å². The number of benzene rings is 1. The van der Waals surface area contributed by atoms with Crippen molar-refractivity contribution in [1.82, 2.24) is 4.98 Å². The number of anilines is 2. The summed E-state index contributed by atoms with van der Waals surface area (Å²) in [6.45, 7) is 1.86. The second kappa shape index (κ2) is 5.66. The lowest BCUT2D eigenvalue weighted by Gasteiger charge is -2.11. The van der Waals surface area contributed by atoms with Crippen molar-refractivity contribution >= 4 is 46.3 Å². The third-order valence-corrected chi connectivity index (χ3v) is 3.61. The van der Waals surface area contributed by atoms with Gasteiger partial charge in [0.1, 0.15) is 11.1 Å². The Labute approximate surface area is 125 Å². The molecule has 2 rings (SSSR count). The third kappa shape index (κ3) is 2.93. The van der Waals surface area contributed by atoms with E-state index in [-0.39, 0.29) is 5.02 Å². The molecular formula is C13H8Cl3N3. The van der Waals surface area contributed by atoms with Gasteiger partial charge in [0.25, 0.3) is 0 Å². The van der Waals surface area contributed by atoms with Gasteiger partial charge in [-0.15, -0.1) is 0 Å². The Morgan fingerprint density at radius 2 is 1.95 bits per heavy atom. The van der Waals surface area contributed by atoms with E-state index in [4.69, 9.17) is 40.1 Å². The van der Waals surface area contributed by atoms with Crippen molar-refractivity contribution in [3.63, 3.8) is 0 Å². The highest BCUT2D eigenvalue weighted by Gasteiger charge is 2.10. The average molecular weight is 313 g/mol. The smallest absolute Gasteiger partial charge is 0.150 e. The van der Waals surface area contributed by atoms with Crippen molar-refractivity contribution in [2.45, 2.75) is 6.92 Å². The van der Waals surface area contributed by atoms with Crippen LogP contribution in [0.15, 0.2) is 24.4 Å². The predicted octanol–water partition coefficient (Wildman–Crippen LogP) is 4.97. The molecule has 0 aliphatic carbocycles. The molecular weight excluding hydrogens is 305 g/mol. The summed E-state index contributed by atoms with van der Waals surface area (Å²) in [6.07, 6.45) is 1.50. The number of nitrogens with zero attached hydrogens (tertiary/aromatic N) is 2. The minimum atomic E-state index is 0.248. The average Bonchev–Trinajstić information content (AvgIpc) is 2.38. The molecule has 96 valence electrons. The maximum absolute atomic E-state index is 8.91. The summed E-state index contributed by atoms with van der Waals surface area (Å²) in [7, 11) is 0. The van der Waals surface area contributed by atoms with Crippen molar-refractivity contribution in [1.29, 1.82) is 5.26 Å². The van der Waals surface area contributed by atoms with Crippen LogP contribution >= 0.6 is 34.8 Å². The van der Waals surface area contributed by atoms with E-state index in [2.05, 4.69) is 10.3 Å². The Kier molecular flexibility index (Phi) is 4.16. The lowest BCUT2D eigenvalue weighted by molar-refractivity contribution is 1.29. The molecule has 3 nitrogen and oxygen atoms in total. The Morgan fingerprint density at radius 1 is 1.21 bits per heavy atom. The van der Waals surface area contributed by atoms with Gasteiger partial charge >= 0.3 is 0 Å². The molecule has 0 saturated carbocycles. The van der Waals surface area contributed by atoms with Crippen LogP contribution in [-0.4, -0.2) is 4.98 Å². The van der Waals surface area contributed by atoms with Gasteiger partial charge in [0.05, 0.1) is 16.3 Å². The first-order valence-corrected chi connectivity index (χ1v) is 6.43. The number of aromatic nitrogens is 1. The van der Waals surface area contributed by atoms with Crippen LogP contribution in [0.5, 0.6) is 0 Å². The van der Waals surface area contributed by atoms with Crippen molar-refractivity contribution in [2.24, 2.45) is 0 Å². The van der Waals surface area contributed by atoms with Crippen molar-refractivity contribution in [3.8, 4) is 6.07 Å². The fourth-order valence-electron chi connectivity index (χ4n) is 1.49. The fraction of sp³-hybridized carbons (Fsp3) is 0.0769. The quantitative estimate of drug-likeness (QED) is 0.852. The molecule has 6 heteroatoms. The van der Waals surface area contributed by atoms with E-state index in [0.717, 1.165) is 5.56 Å². The zero-order valence-electron chi connectivity index (χ0n) is 9.84. The number of hydrogen-bond donors (Lipinski definition) is 1. The molecule has 0 spiro atoms. The van der Waals surface area contributed by atoms with Gasteiger partial charge in [-0.25, -0.2) is 4.98 Å². The monoisotopic (exact) mass is 311 g/mol. The van der Waals surface area contributed by atoms with E-state index < -0.39 is 0 Å². The SMILES string of the molecule is Cc1cc(Cl)c(Nc2nccc(C#N)c2Cl)cc1Cl. The van der Waals surface area contributed by atoms with Crippen molar-refractivity contribution in [2.75, 3.05) is 5.32 Å². The van der Waals surface area contributed by atoms with Crippen molar-refractivity contribution < 1.29 is 0 Å². The van der Waals surface area contributed by atoms with Crippen LogP contribution in [0, 0.1) is 18.3 Å². The van der Waals surface area contributed by atoms with Crippen LogP contribution in [-0.2, 0) is 0 Å². The molecule has 1 N–H and O–H groups in total. The number of nitriles is 1. The summed E-state index contributed by atoms with van der Waals surface area (Å²) in [5.74, 6) is 0.363. The van der Waals surface area contributed by atoms with Gasteiger partial charge in [-0.1, -0.05) is 34.8 Å². The zero-order valence-corrected chi connectivity index (χ0v) is 12.1. The molecule has 0 fully saturated rings. The van der Waals surface area contributed by atoms with Gasteiger partial charge in [-0.2, -0.15) is 5.26 Å². The maximum atomic E-state index is 8.91. The molecule has 19 heavy (non-hydrogen) atoms. The Balaban J connectivity index is 2.43. The number of halogens is 3. The van der Waals surface area contributed by atoms with E-state index in [1.807, 2.05) is 13.0 Å². The number of aryl methyl sites for hydroxylation is 1. The Morgan fingerprint density at radius 3 is 2.63 bits per heavy atom. The number of pyridine rings is 1. The first-order valence-electron chi connectivity index (χ1n) is 5.30. The van der Waals surface area contributed by atoms with E-state index in [1.54, 1.807) is 12.1 Å². The van der Waals surface area contributed by atoms with Crippen LogP contribution in [0.4, 0.5) is 11.5 Å². The molecule has 0 saturated heterocycles. The van der Waals surface area contributed by atoms with Crippen molar-refractivity contribution in [3.05, 3.63) is 50.6 Å². The molecule has 0 bridgehead atoms.